The standard InChI is InChI=1S/C27H40N4O5/c1-7-30-22(17-29-12-13-31(19(5)16-29)23(32)14-18(3)4)24(26(33)36-8-2)25(28-27(30)34)20-10-9-11-21(15-20)35-6/h9-11,15,18-19,25H,7-8,12-14,16-17H2,1-6H3,(H,28,34). The Morgan fingerprint density at radius 3 is 2.56 bits per heavy atom. The number of piperazine rings is 1. The van der Waals surface area contributed by atoms with E-state index in [0.29, 0.717) is 62.1 Å². The van der Waals surface area contributed by atoms with E-state index in [1.807, 2.05) is 36.1 Å². The van der Waals surface area contributed by atoms with Gasteiger partial charge >= 0.3 is 12.0 Å². The van der Waals surface area contributed by atoms with Gasteiger partial charge in [-0.15, -0.1) is 0 Å². The molecule has 3 rings (SSSR count). The predicted octanol–water partition coefficient (Wildman–Crippen LogP) is 3.18. The number of carbonyl (C=O) groups excluding carboxylic acids is 3. The number of nitrogens with zero attached hydrogens (tertiary/aromatic N) is 3. The molecule has 198 valence electrons. The highest BCUT2D eigenvalue weighted by molar-refractivity contribution is 5.95. The molecule has 2 atom stereocenters. The fraction of sp³-hybridized carbons (Fsp3) is 0.593. The van der Waals surface area contributed by atoms with Crippen molar-refractivity contribution in [3.05, 3.63) is 41.1 Å². The molecule has 0 aliphatic carbocycles. The lowest BCUT2D eigenvalue weighted by Gasteiger charge is -2.43. The number of carbonyl (C=O) groups is 3. The van der Waals surface area contributed by atoms with E-state index in [1.54, 1.807) is 18.9 Å². The Bertz CT molecular complexity index is 992. The van der Waals surface area contributed by atoms with Gasteiger partial charge in [-0.2, -0.15) is 0 Å². The first kappa shape index (κ1) is 27.5. The predicted molar refractivity (Wildman–Crippen MR) is 137 cm³/mol. The molecule has 0 saturated carbocycles. The average Bonchev–Trinajstić information content (AvgIpc) is 2.83. The third-order valence-corrected chi connectivity index (χ3v) is 6.67. The molecular formula is C27H40N4O5. The molecule has 0 bridgehead atoms. The number of ether oxygens (including phenoxy) is 2. The van der Waals surface area contributed by atoms with Crippen LogP contribution in [0.1, 0.15) is 52.6 Å². The van der Waals surface area contributed by atoms with Gasteiger partial charge in [-0.05, 0) is 44.4 Å². The molecule has 1 N–H and O–H groups in total. The Morgan fingerprint density at radius 2 is 1.94 bits per heavy atom. The molecule has 0 radical (unpaired) electrons. The summed E-state index contributed by atoms with van der Waals surface area (Å²) in [6.07, 6.45) is 0.536. The molecule has 3 amide bonds. The summed E-state index contributed by atoms with van der Waals surface area (Å²) in [4.78, 5) is 44.9. The monoisotopic (exact) mass is 500 g/mol. The minimum absolute atomic E-state index is 0.0401. The van der Waals surface area contributed by atoms with Crippen LogP contribution in [0.25, 0.3) is 0 Å². The van der Waals surface area contributed by atoms with E-state index in [2.05, 4.69) is 31.0 Å². The van der Waals surface area contributed by atoms with Crippen molar-refractivity contribution in [2.75, 3.05) is 46.4 Å². The fourth-order valence-corrected chi connectivity index (χ4v) is 4.95. The van der Waals surface area contributed by atoms with Crippen LogP contribution in [0.3, 0.4) is 0 Å². The number of urea groups is 1. The number of benzene rings is 1. The van der Waals surface area contributed by atoms with Gasteiger partial charge in [0.2, 0.25) is 5.91 Å². The molecule has 2 unspecified atom stereocenters. The summed E-state index contributed by atoms with van der Waals surface area (Å²) in [6.45, 7) is 12.8. The number of likely N-dealkylation sites (N-methyl/N-ethyl adjacent to an activating group) is 1. The number of esters is 1. The molecule has 0 aromatic heterocycles. The van der Waals surface area contributed by atoms with Crippen molar-refractivity contribution in [1.29, 1.82) is 0 Å². The van der Waals surface area contributed by atoms with Crippen molar-refractivity contribution in [2.45, 2.75) is 53.1 Å². The van der Waals surface area contributed by atoms with Crippen molar-refractivity contribution in [1.82, 2.24) is 20.0 Å². The Labute approximate surface area is 214 Å². The van der Waals surface area contributed by atoms with Gasteiger partial charge in [0.15, 0.2) is 0 Å². The lowest BCUT2D eigenvalue weighted by atomic mass is 9.93. The molecule has 9 heteroatoms. The van der Waals surface area contributed by atoms with Gasteiger partial charge in [-0.1, -0.05) is 26.0 Å². The van der Waals surface area contributed by atoms with Gasteiger partial charge in [-0.25, -0.2) is 9.59 Å². The molecule has 1 saturated heterocycles. The van der Waals surface area contributed by atoms with Crippen LogP contribution in [0, 0.1) is 5.92 Å². The highest BCUT2D eigenvalue weighted by Gasteiger charge is 2.39. The van der Waals surface area contributed by atoms with E-state index < -0.39 is 12.0 Å². The maximum Gasteiger partial charge on any atom is 0.338 e. The van der Waals surface area contributed by atoms with Gasteiger partial charge in [0.25, 0.3) is 0 Å². The smallest absolute Gasteiger partial charge is 0.338 e. The second kappa shape index (κ2) is 12.3. The van der Waals surface area contributed by atoms with Crippen LogP contribution in [0.5, 0.6) is 5.75 Å². The third kappa shape index (κ3) is 6.19. The zero-order valence-corrected chi connectivity index (χ0v) is 22.4. The van der Waals surface area contributed by atoms with Gasteiger partial charge in [0, 0.05) is 50.9 Å². The van der Waals surface area contributed by atoms with E-state index in [0.717, 1.165) is 5.56 Å². The lowest BCUT2D eigenvalue weighted by molar-refractivity contribution is -0.139. The number of rotatable bonds is 9. The number of nitrogens with one attached hydrogen (secondary N) is 1. The number of amides is 3. The van der Waals surface area contributed by atoms with Crippen LogP contribution in [-0.2, 0) is 14.3 Å². The zero-order valence-electron chi connectivity index (χ0n) is 22.4. The molecule has 2 heterocycles. The molecular weight excluding hydrogens is 460 g/mol. The molecule has 0 spiro atoms. The van der Waals surface area contributed by atoms with Gasteiger partial charge in [-0.3, -0.25) is 14.6 Å². The maximum atomic E-state index is 13.3. The molecule has 2 aliphatic heterocycles. The SMILES string of the molecule is CCOC(=O)C1=C(CN2CCN(C(=O)CC(C)C)C(C)C2)N(CC)C(=O)NC1c1cccc(OC)c1. The molecule has 2 aliphatic rings. The molecule has 9 nitrogen and oxygen atoms in total. The minimum Gasteiger partial charge on any atom is -0.497 e. The lowest BCUT2D eigenvalue weighted by Crippen LogP contribution is -2.56. The van der Waals surface area contributed by atoms with Crippen LogP contribution in [0.4, 0.5) is 4.79 Å². The molecule has 1 aromatic carbocycles. The van der Waals surface area contributed by atoms with Crippen molar-refractivity contribution in [2.24, 2.45) is 5.92 Å². The Kier molecular flexibility index (Phi) is 9.37. The number of methoxy groups -OCH3 is 1. The van der Waals surface area contributed by atoms with E-state index in [9.17, 15) is 14.4 Å². The highest BCUT2D eigenvalue weighted by Crippen LogP contribution is 2.33. The van der Waals surface area contributed by atoms with E-state index in [-0.39, 0.29) is 24.6 Å². The van der Waals surface area contributed by atoms with Crippen LogP contribution in [-0.4, -0.2) is 85.1 Å². The largest absolute Gasteiger partial charge is 0.497 e. The molecule has 1 fully saturated rings. The third-order valence-electron chi connectivity index (χ3n) is 6.67. The normalized spacial score (nSPS) is 21.0. The van der Waals surface area contributed by atoms with Crippen molar-refractivity contribution in [3.63, 3.8) is 0 Å². The van der Waals surface area contributed by atoms with Crippen LogP contribution in [0.2, 0.25) is 0 Å². The zero-order chi connectivity index (χ0) is 26.4. The number of hydrogen-bond donors (Lipinski definition) is 1. The van der Waals surface area contributed by atoms with E-state index in [1.165, 1.54) is 0 Å². The van der Waals surface area contributed by atoms with Crippen LogP contribution < -0.4 is 10.1 Å². The topological polar surface area (TPSA) is 91.4 Å². The summed E-state index contributed by atoms with van der Waals surface area (Å²) in [5.41, 5.74) is 1.82. The van der Waals surface area contributed by atoms with Gasteiger partial charge < -0.3 is 19.7 Å². The summed E-state index contributed by atoms with van der Waals surface area (Å²) >= 11 is 0. The van der Waals surface area contributed by atoms with Gasteiger partial charge in [0.05, 0.1) is 25.3 Å². The second-order valence-corrected chi connectivity index (χ2v) is 9.75. The summed E-state index contributed by atoms with van der Waals surface area (Å²) in [5, 5.41) is 2.99. The summed E-state index contributed by atoms with van der Waals surface area (Å²) in [6, 6.07) is 6.48. The summed E-state index contributed by atoms with van der Waals surface area (Å²) in [7, 11) is 1.58. The first-order valence-corrected chi connectivity index (χ1v) is 12.8. The first-order valence-electron chi connectivity index (χ1n) is 12.8. The molecule has 1 aromatic rings. The Balaban J connectivity index is 1.95. The Morgan fingerprint density at radius 1 is 1.19 bits per heavy atom. The second-order valence-electron chi connectivity index (χ2n) is 9.75. The molecule has 36 heavy (non-hydrogen) atoms. The highest BCUT2D eigenvalue weighted by atomic mass is 16.5. The van der Waals surface area contributed by atoms with Crippen molar-refractivity contribution < 1.29 is 23.9 Å². The maximum absolute atomic E-state index is 13.3. The van der Waals surface area contributed by atoms with E-state index in [4.69, 9.17) is 9.47 Å². The van der Waals surface area contributed by atoms with Gasteiger partial charge in [0.1, 0.15) is 5.75 Å². The van der Waals surface area contributed by atoms with Crippen LogP contribution >= 0.6 is 0 Å². The van der Waals surface area contributed by atoms with Crippen molar-refractivity contribution >= 4 is 17.9 Å². The number of hydrogen-bond acceptors (Lipinski definition) is 6. The van der Waals surface area contributed by atoms with E-state index >= 15 is 0 Å². The Hall–Kier alpha value is -3.07. The summed E-state index contributed by atoms with van der Waals surface area (Å²) in [5.74, 6) is 0.680. The van der Waals surface area contributed by atoms with Crippen LogP contribution in [0.15, 0.2) is 35.5 Å². The fourth-order valence-electron chi connectivity index (χ4n) is 4.95. The minimum atomic E-state index is -0.657. The van der Waals surface area contributed by atoms with Crippen molar-refractivity contribution in [3.8, 4) is 5.75 Å². The quantitative estimate of drug-likeness (QED) is 0.524. The average molecular weight is 501 g/mol. The first-order chi connectivity index (χ1) is 17.2. The summed E-state index contributed by atoms with van der Waals surface area (Å²) < 4.78 is 10.8.